The summed E-state index contributed by atoms with van der Waals surface area (Å²) in [4.78, 5) is 4.56. The molecule has 148 valence electrons. The van der Waals surface area contributed by atoms with Gasteiger partial charge in [0.1, 0.15) is 5.15 Å². The fraction of sp³-hybridized carbons (Fsp3) is 0.471. The number of hydrogen-bond acceptors (Lipinski definition) is 6. The van der Waals surface area contributed by atoms with Crippen LogP contribution in [0.15, 0.2) is 29.8 Å². The smallest absolute Gasteiger partial charge is 0.387 e. The summed E-state index contributed by atoms with van der Waals surface area (Å²) in [6.45, 7) is 0.729. The van der Waals surface area contributed by atoms with Gasteiger partial charge in [-0.15, -0.1) is 11.3 Å². The molecule has 10 heteroatoms. The van der Waals surface area contributed by atoms with E-state index in [1.807, 2.05) is 0 Å². The van der Waals surface area contributed by atoms with E-state index in [0.29, 0.717) is 28.6 Å². The molecule has 5 nitrogen and oxygen atoms in total. The minimum Gasteiger partial charge on any atom is -0.387 e. The maximum atomic E-state index is 12.8. The number of halogens is 4. The summed E-state index contributed by atoms with van der Waals surface area (Å²) in [6.07, 6.45) is -3.09. The lowest BCUT2D eigenvalue weighted by atomic mass is 9.94. The Morgan fingerprint density at radius 3 is 2.85 bits per heavy atom. The van der Waals surface area contributed by atoms with Gasteiger partial charge in [0, 0.05) is 53.2 Å². The van der Waals surface area contributed by atoms with Crippen LogP contribution in [0.1, 0.15) is 34.6 Å². The largest absolute Gasteiger partial charge is 0.417 e. The van der Waals surface area contributed by atoms with Crippen LogP contribution in [0.25, 0.3) is 0 Å². The van der Waals surface area contributed by atoms with Crippen LogP contribution in [0.3, 0.4) is 0 Å². The van der Waals surface area contributed by atoms with Crippen molar-refractivity contribution < 1.29 is 18.3 Å². The number of nitrogens with two attached hydrogens (primary N) is 1. The Balaban J connectivity index is 1.60. The third-order valence-corrected chi connectivity index (χ3v) is 5.88. The average Bonchev–Trinajstić information content (AvgIpc) is 3.12. The molecule has 27 heavy (non-hydrogen) atoms. The van der Waals surface area contributed by atoms with E-state index in [1.165, 1.54) is 12.3 Å². The maximum absolute atomic E-state index is 12.8. The molecule has 1 aliphatic rings. The van der Waals surface area contributed by atoms with Crippen LogP contribution < -0.4 is 16.4 Å². The summed E-state index contributed by atoms with van der Waals surface area (Å²) in [7, 11) is 0. The monoisotopic (exact) mass is 420 g/mol. The first-order valence-electron chi connectivity index (χ1n) is 8.41. The number of aliphatic hydroxyl groups is 1. The van der Waals surface area contributed by atoms with Gasteiger partial charge in [-0.05, 0) is 18.6 Å². The van der Waals surface area contributed by atoms with Crippen LogP contribution in [0.2, 0.25) is 5.15 Å². The van der Waals surface area contributed by atoms with Gasteiger partial charge in [0.15, 0.2) is 0 Å². The predicted octanol–water partition coefficient (Wildman–Crippen LogP) is 2.87. The highest BCUT2D eigenvalue weighted by molar-refractivity contribution is 7.10. The van der Waals surface area contributed by atoms with Crippen LogP contribution in [-0.4, -0.2) is 35.3 Å². The van der Waals surface area contributed by atoms with E-state index < -0.39 is 17.8 Å². The molecule has 0 aliphatic carbocycles. The summed E-state index contributed by atoms with van der Waals surface area (Å²) in [5, 5.41) is 18.2. The standard InChI is InChI=1S/C17H20ClF3N4OS/c18-16-2-1-9(5-25-16)14(26)7-24-12-4-13(23-6-11(12)22)15-3-10(8-27-15)17(19,20)21/h1-3,5,8,11-14,23-24,26H,4,6-7,22H2. The van der Waals surface area contributed by atoms with Crippen LogP contribution in [0.5, 0.6) is 0 Å². The molecule has 3 heterocycles. The van der Waals surface area contributed by atoms with E-state index in [1.54, 1.807) is 12.1 Å². The number of thiophene rings is 1. The number of aromatic nitrogens is 1. The highest BCUT2D eigenvalue weighted by Gasteiger charge is 2.34. The van der Waals surface area contributed by atoms with E-state index in [-0.39, 0.29) is 24.7 Å². The fourth-order valence-corrected chi connectivity index (χ4v) is 4.15. The molecule has 3 rings (SSSR count). The van der Waals surface area contributed by atoms with Gasteiger partial charge in [0.05, 0.1) is 11.7 Å². The molecule has 2 aromatic heterocycles. The Kier molecular flexibility index (Phi) is 6.39. The second-order valence-corrected chi connectivity index (χ2v) is 7.87. The summed E-state index contributed by atoms with van der Waals surface area (Å²) in [5.74, 6) is 0. The molecule has 0 bridgehead atoms. The van der Waals surface area contributed by atoms with Crippen molar-refractivity contribution in [2.45, 2.75) is 36.8 Å². The molecular weight excluding hydrogens is 401 g/mol. The lowest BCUT2D eigenvalue weighted by molar-refractivity contribution is -0.137. The fourth-order valence-electron chi connectivity index (χ4n) is 3.03. The van der Waals surface area contributed by atoms with Gasteiger partial charge in [-0.25, -0.2) is 4.98 Å². The van der Waals surface area contributed by atoms with Crippen LogP contribution in [0.4, 0.5) is 13.2 Å². The summed E-state index contributed by atoms with van der Waals surface area (Å²) in [6, 6.07) is 3.92. The number of alkyl halides is 3. The van der Waals surface area contributed by atoms with Gasteiger partial charge in [0.25, 0.3) is 0 Å². The summed E-state index contributed by atoms with van der Waals surface area (Å²) >= 11 is 6.82. The predicted molar refractivity (Wildman–Crippen MR) is 98.7 cm³/mol. The quantitative estimate of drug-likeness (QED) is 0.559. The third kappa shape index (κ3) is 5.18. The number of pyridine rings is 1. The number of aliphatic hydroxyl groups excluding tert-OH is 1. The maximum Gasteiger partial charge on any atom is 0.417 e. The van der Waals surface area contributed by atoms with Crippen molar-refractivity contribution in [2.24, 2.45) is 5.73 Å². The van der Waals surface area contributed by atoms with Gasteiger partial charge in [-0.1, -0.05) is 17.7 Å². The van der Waals surface area contributed by atoms with Gasteiger partial charge in [-0.2, -0.15) is 13.2 Å². The van der Waals surface area contributed by atoms with E-state index in [4.69, 9.17) is 17.3 Å². The van der Waals surface area contributed by atoms with Crippen molar-refractivity contribution in [1.82, 2.24) is 15.6 Å². The van der Waals surface area contributed by atoms with Crippen LogP contribution in [-0.2, 0) is 6.18 Å². The topological polar surface area (TPSA) is 83.2 Å². The minimum atomic E-state index is -4.34. The van der Waals surface area contributed by atoms with Gasteiger partial charge < -0.3 is 21.5 Å². The van der Waals surface area contributed by atoms with E-state index in [2.05, 4.69) is 15.6 Å². The zero-order valence-electron chi connectivity index (χ0n) is 14.2. The van der Waals surface area contributed by atoms with Gasteiger partial charge >= 0.3 is 6.18 Å². The third-order valence-electron chi connectivity index (χ3n) is 4.61. The van der Waals surface area contributed by atoms with E-state index in [9.17, 15) is 18.3 Å². The zero-order chi connectivity index (χ0) is 19.6. The molecular formula is C17H20ClF3N4OS. The van der Waals surface area contributed by atoms with Crippen molar-refractivity contribution in [3.8, 4) is 0 Å². The summed E-state index contributed by atoms with van der Waals surface area (Å²) < 4.78 is 38.4. The first-order chi connectivity index (χ1) is 12.7. The second-order valence-electron chi connectivity index (χ2n) is 6.54. The van der Waals surface area contributed by atoms with Gasteiger partial charge in [0.2, 0.25) is 0 Å². The van der Waals surface area contributed by atoms with Gasteiger partial charge in [-0.3, -0.25) is 0 Å². The Bertz CT molecular complexity index is 755. The molecule has 0 spiro atoms. The van der Waals surface area contributed by atoms with Crippen molar-refractivity contribution >= 4 is 22.9 Å². The van der Waals surface area contributed by atoms with Crippen molar-refractivity contribution in [2.75, 3.05) is 13.1 Å². The molecule has 0 amide bonds. The SMILES string of the molecule is NC1CNC(c2cc(C(F)(F)F)cs2)CC1NCC(O)c1ccc(Cl)nc1. The molecule has 4 unspecified atom stereocenters. The van der Waals surface area contributed by atoms with Crippen LogP contribution in [0, 0.1) is 0 Å². The van der Waals surface area contributed by atoms with Crippen molar-refractivity contribution in [3.05, 3.63) is 50.9 Å². The second kappa shape index (κ2) is 8.42. The minimum absolute atomic E-state index is 0.136. The molecule has 1 saturated heterocycles. The first-order valence-corrected chi connectivity index (χ1v) is 9.67. The lowest BCUT2D eigenvalue weighted by Crippen LogP contribution is -2.56. The number of nitrogens with zero attached hydrogens (tertiary/aromatic N) is 1. The lowest BCUT2D eigenvalue weighted by Gasteiger charge is -2.36. The molecule has 0 saturated carbocycles. The number of piperidine rings is 1. The molecule has 0 aromatic carbocycles. The first kappa shape index (κ1) is 20.5. The highest BCUT2D eigenvalue weighted by atomic mass is 35.5. The number of hydrogen-bond donors (Lipinski definition) is 4. The van der Waals surface area contributed by atoms with Crippen molar-refractivity contribution in [3.63, 3.8) is 0 Å². The Hall–Kier alpha value is -1.23. The molecule has 1 aliphatic heterocycles. The van der Waals surface area contributed by atoms with E-state index in [0.717, 1.165) is 16.7 Å². The van der Waals surface area contributed by atoms with Crippen LogP contribution >= 0.6 is 22.9 Å². The Morgan fingerprint density at radius 1 is 1.44 bits per heavy atom. The Morgan fingerprint density at radius 2 is 2.22 bits per heavy atom. The highest BCUT2D eigenvalue weighted by Crippen LogP contribution is 2.36. The Labute approximate surface area is 163 Å². The molecule has 0 radical (unpaired) electrons. The number of rotatable bonds is 5. The van der Waals surface area contributed by atoms with Crippen molar-refractivity contribution in [1.29, 1.82) is 0 Å². The molecule has 1 fully saturated rings. The normalized spacial score (nSPS) is 24.7. The average molecular weight is 421 g/mol. The number of nitrogens with one attached hydrogen (secondary N) is 2. The zero-order valence-corrected chi connectivity index (χ0v) is 15.8. The van der Waals surface area contributed by atoms with E-state index >= 15 is 0 Å². The molecule has 2 aromatic rings. The summed E-state index contributed by atoms with van der Waals surface area (Å²) in [5.41, 5.74) is 6.12. The molecule has 4 atom stereocenters. The molecule has 5 N–H and O–H groups in total.